The lowest BCUT2D eigenvalue weighted by Gasteiger charge is -2.36. The summed E-state index contributed by atoms with van der Waals surface area (Å²) in [6, 6.07) is 4.80. The van der Waals surface area contributed by atoms with Crippen LogP contribution >= 0.6 is 0 Å². The van der Waals surface area contributed by atoms with E-state index in [1.54, 1.807) is 4.90 Å². The second kappa shape index (κ2) is 7.39. The van der Waals surface area contributed by atoms with Gasteiger partial charge < -0.3 is 10.0 Å². The molecular formula is C17H23FN2O4S. The number of likely N-dealkylation sites (tertiary alicyclic amines) is 1. The van der Waals surface area contributed by atoms with Gasteiger partial charge in [0.2, 0.25) is 15.9 Å². The van der Waals surface area contributed by atoms with Gasteiger partial charge in [-0.05, 0) is 49.9 Å². The zero-order chi connectivity index (χ0) is 18.0. The molecule has 25 heavy (non-hydrogen) atoms. The van der Waals surface area contributed by atoms with Gasteiger partial charge in [-0.15, -0.1) is 0 Å². The molecule has 2 aliphatic heterocycles. The number of piperidine rings is 2. The smallest absolute Gasteiger partial charge is 0.243 e. The number of hydrogen-bond acceptors (Lipinski definition) is 4. The molecule has 0 aromatic heterocycles. The third-order valence-corrected chi connectivity index (χ3v) is 6.94. The number of aliphatic hydroxyl groups is 1. The molecule has 0 saturated carbocycles. The van der Waals surface area contributed by atoms with Crippen molar-refractivity contribution >= 4 is 15.9 Å². The van der Waals surface area contributed by atoms with Crippen molar-refractivity contribution in [3.8, 4) is 0 Å². The quantitative estimate of drug-likeness (QED) is 0.868. The van der Waals surface area contributed by atoms with Crippen LogP contribution in [0, 0.1) is 11.7 Å². The first-order chi connectivity index (χ1) is 11.9. The fraction of sp³-hybridized carbons (Fsp3) is 0.588. The van der Waals surface area contributed by atoms with Crippen LogP contribution < -0.4 is 0 Å². The molecule has 1 amide bonds. The Labute approximate surface area is 147 Å². The maximum Gasteiger partial charge on any atom is 0.243 e. The monoisotopic (exact) mass is 370 g/mol. The molecule has 0 spiro atoms. The fourth-order valence-electron chi connectivity index (χ4n) is 3.44. The van der Waals surface area contributed by atoms with E-state index in [1.165, 1.54) is 16.4 Å². The van der Waals surface area contributed by atoms with Crippen molar-refractivity contribution in [3.63, 3.8) is 0 Å². The number of aliphatic hydroxyl groups excluding tert-OH is 1. The number of benzene rings is 1. The van der Waals surface area contributed by atoms with Crippen LogP contribution in [0.25, 0.3) is 0 Å². The number of amides is 1. The van der Waals surface area contributed by atoms with Crippen molar-refractivity contribution in [2.75, 3.05) is 26.2 Å². The minimum Gasteiger partial charge on any atom is -0.393 e. The number of nitrogens with zero attached hydrogens (tertiary/aromatic N) is 2. The maximum atomic E-state index is 13.0. The number of carbonyl (C=O) groups is 1. The highest BCUT2D eigenvalue weighted by Gasteiger charge is 2.34. The van der Waals surface area contributed by atoms with Gasteiger partial charge in [0.25, 0.3) is 0 Å². The Morgan fingerprint density at radius 2 is 1.56 bits per heavy atom. The summed E-state index contributed by atoms with van der Waals surface area (Å²) in [4.78, 5) is 14.4. The van der Waals surface area contributed by atoms with E-state index < -0.39 is 15.8 Å². The lowest BCUT2D eigenvalue weighted by Crippen LogP contribution is -2.47. The number of rotatable bonds is 3. The lowest BCUT2D eigenvalue weighted by atomic mass is 9.95. The lowest BCUT2D eigenvalue weighted by molar-refractivity contribution is -0.138. The molecule has 1 aromatic carbocycles. The van der Waals surface area contributed by atoms with Gasteiger partial charge in [-0.2, -0.15) is 4.31 Å². The Hall–Kier alpha value is -1.51. The predicted octanol–water partition coefficient (Wildman–Crippen LogP) is 1.21. The minimum absolute atomic E-state index is 0.0609. The molecule has 0 aliphatic carbocycles. The van der Waals surface area contributed by atoms with Crippen LogP contribution in [0.5, 0.6) is 0 Å². The van der Waals surface area contributed by atoms with Gasteiger partial charge in [0.1, 0.15) is 5.82 Å². The summed E-state index contributed by atoms with van der Waals surface area (Å²) >= 11 is 0. The van der Waals surface area contributed by atoms with E-state index in [4.69, 9.17) is 0 Å². The van der Waals surface area contributed by atoms with Gasteiger partial charge in [-0.3, -0.25) is 4.79 Å². The first-order valence-corrected chi connectivity index (χ1v) is 10.0. The number of halogens is 1. The average molecular weight is 370 g/mol. The Balaban J connectivity index is 1.59. The minimum atomic E-state index is -3.65. The Bertz CT molecular complexity index is 707. The molecule has 2 heterocycles. The molecule has 0 bridgehead atoms. The summed E-state index contributed by atoms with van der Waals surface area (Å²) < 4.78 is 39.5. The van der Waals surface area contributed by atoms with Gasteiger partial charge in [-0.1, -0.05) is 0 Å². The summed E-state index contributed by atoms with van der Waals surface area (Å²) in [6.07, 6.45) is 1.84. The van der Waals surface area contributed by atoms with Gasteiger partial charge in [-0.25, -0.2) is 12.8 Å². The Kier molecular flexibility index (Phi) is 5.41. The van der Waals surface area contributed by atoms with Crippen LogP contribution in [0.4, 0.5) is 4.39 Å². The first-order valence-electron chi connectivity index (χ1n) is 8.60. The van der Waals surface area contributed by atoms with Gasteiger partial charge >= 0.3 is 0 Å². The summed E-state index contributed by atoms with van der Waals surface area (Å²) in [5.41, 5.74) is 0. The third kappa shape index (κ3) is 4.02. The molecule has 8 heteroatoms. The highest BCUT2D eigenvalue weighted by Crippen LogP contribution is 2.26. The zero-order valence-corrected chi connectivity index (χ0v) is 14.8. The van der Waals surface area contributed by atoms with Crippen molar-refractivity contribution in [1.82, 2.24) is 9.21 Å². The molecular weight excluding hydrogens is 347 g/mol. The largest absolute Gasteiger partial charge is 0.393 e. The molecule has 138 valence electrons. The van der Waals surface area contributed by atoms with E-state index >= 15 is 0 Å². The van der Waals surface area contributed by atoms with Crippen molar-refractivity contribution in [2.24, 2.45) is 5.92 Å². The molecule has 3 rings (SSSR count). The van der Waals surface area contributed by atoms with Crippen molar-refractivity contribution in [3.05, 3.63) is 30.1 Å². The molecule has 6 nitrogen and oxygen atoms in total. The highest BCUT2D eigenvalue weighted by atomic mass is 32.2. The Morgan fingerprint density at radius 3 is 2.12 bits per heavy atom. The summed E-state index contributed by atoms with van der Waals surface area (Å²) in [5, 5.41) is 9.53. The van der Waals surface area contributed by atoms with Crippen LogP contribution in [-0.2, 0) is 14.8 Å². The van der Waals surface area contributed by atoms with Gasteiger partial charge in [0.05, 0.1) is 11.0 Å². The van der Waals surface area contributed by atoms with E-state index in [0.29, 0.717) is 38.8 Å². The molecule has 0 atom stereocenters. The van der Waals surface area contributed by atoms with Crippen molar-refractivity contribution in [1.29, 1.82) is 0 Å². The zero-order valence-electron chi connectivity index (χ0n) is 14.0. The van der Waals surface area contributed by atoms with Crippen molar-refractivity contribution in [2.45, 2.75) is 36.7 Å². The van der Waals surface area contributed by atoms with Crippen molar-refractivity contribution < 1.29 is 22.7 Å². The van der Waals surface area contributed by atoms with E-state index in [-0.39, 0.29) is 35.9 Å². The molecule has 2 fully saturated rings. The van der Waals surface area contributed by atoms with Crippen LogP contribution in [0.15, 0.2) is 29.2 Å². The van der Waals surface area contributed by atoms with E-state index in [9.17, 15) is 22.7 Å². The third-order valence-electron chi connectivity index (χ3n) is 5.03. The Morgan fingerprint density at radius 1 is 1.00 bits per heavy atom. The molecule has 0 unspecified atom stereocenters. The second-order valence-electron chi connectivity index (χ2n) is 6.69. The predicted molar refractivity (Wildman–Crippen MR) is 89.7 cm³/mol. The second-order valence-corrected chi connectivity index (χ2v) is 8.63. The first kappa shape index (κ1) is 18.3. The van der Waals surface area contributed by atoms with Crippen LogP contribution in [0.3, 0.4) is 0 Å². The van der Waals surface area contributed by atoms with Crippen LogP contribution in [0.1, 0.15) is 25.7 Å². The van der Waals surface area contributed by atoms with Gasteiger partial charge in [0, 0.05) is 32.1 Å². The average Bonchev–Trinajstić information content (AvgIpc) is 2.62. The molecule has 2 saturated heterocycles. The van der Waals surface area contributed by atoms with E-state index in [1.807, 2.05) is 0 Å². The normalized spacial score (nSPS) is 21.4. The molecule has 0 radical (unpaired) electrons. The summed E-state index contributed by atoms with van der Waals surface area (Å²) in [5.74, 6) is -0.587. The van der Waals surface area contributed by atoms with Gasteiger partial charge in [0.15, 0.2) is 0 Å². The maximum absolute atomic E-state index is 13.0. The standard InChI is InChI=1S/C17H23FN2O4S/c18-14-1-3-16(4-2-14)25(23,24)20-11-5-13(6-12-20)17(22)19-9-7-15(21)8-10-19/h1-4,13,15,21H,5-12H2. The summed E-state index contributed by atoms with van der Waals surface area (Å²) in [7, 11) is -3.65. The van der Waals surface area contributed by atoms with E-state index in [0.717, 1.165) is 12.1 Å². The number of carbonyl (C=O) groups excluding carboxylic acids is 1. The number of hydrogen-bond donors (Lipinski definition) is 1. The molecule has 1 aromatic rings. The molecule has 1 N–H and O–H groups in total. The SMILES string of the molecule is O=C(C1CCN(S(=O)(=O)c2ccc(F)cc2)CC1)N1CCC(O)CC1. The highest BCUT2D eigenvalue weighted by molar-refractivity contribution is 7.89. The topological polar surface area (TPSA) is 77.9 Å². The number of sulfonamides is 1. The van der Waals surface area contributed by atoms with Crippen LogP contribution in [0.2, 0.25) is 0 Å². The fourth-order valence-corrected chi connectivity index (χ4v) is 4.91. The van der Waals surface area contributed by atoms with Crippen LogP contribution in [-0.4, -0.2) is 60.9 Å². The molecule has 2 aliphatic rings. The summed E-state index contributed by atoms with van der Waals surface area (Å²) in [6.45, 7) is 1.70. The van der Waals surface area contributed by atoms with E-state index in [2.05, 4.69) is 0 Å².